The Morgan fingerprint density at radius 1 is 1.36 bits per heavy atom. The largest absolute Gasteiger partial charge is 0.478 e. The maximum atomic E-state index is 5.48. The van der Waals surface area contributed by atoms with Gasteiger partial charge in [-0.1, -0.05) is 20.8 Å². The Labute approximate surface area is 68.7 Å². The summed E-state index contributed by atoms with van der Waals surface area (Å²) < 4.78 is 5.48. The van der Waals surface area contributed by atoms with Crippen molar-refractivity contribution in [1.82, 2.24) is 0 Å². The van der Waals surface area contributed by atoms with Crippen molar-refractivity contribution in [1.29, 1.82) is 0 Å². The summed E-state index contributed by atoms with van der Waals surface area (Å²) >= 11 is 0. The average Bonchev–Trinajstić information content (AvgIpc) is 2.07. The van der Waals surface area contributed by atoms with E-state index in [0.29, 0.717) is 0 Å². The second-order valence-electron chi connectivity index (χ2n) is 4.77. The Balaban J connectivity index is 2.79. The Hall–Kier alpha value is -0.530. The summed E-state index contributed by atoms with van der Waals surface area (Å²) in [7, 11) is 0. The van der Waals surface area contributed by atoms with Gasteiger partial charge in [0.15, 0.2) is 5.90 Å². The van der Waals surface area contributed by atoms with Crippen molar-refractivity contribution in [2.45, 2.75) is 40.2 Å². The standard InChI is InChI=1S/C9H17NO/c1-8(2,3)7-10-9(4,5)6-11-7/h6H2,1-5H3. The molecule has 0 aromatic rings. The van der Waals surface area contributed by atoms with Gasteiger partial charge in [0.1, 0.15) is 6.61 Å². The predicted octanol–water partition coefficient (Wildman–Crippen LogP) is 2.24. The van der Waals surface area contributed by atoms with Crippen LogP contribution >= 0.6 is 0 Å². The molecule has 1 aliphatic heterocycles. The third-order valence-corrected chi connectivity index (χ3v) is 1.61. The molecule has 0 aromatic carbocycles. The highest BCUT2D eigenvalue weighted by Crippen LogP contribution is 2.26. The van der Waals surface area contributed by atoms with Crippen molar-refractivity contribution in [2.24, 2.45) is 10.4 Å². The molecule has 1 aliphatic rings. The molecule has 0 unspecified atom stereocenters. The van der Waals surface area contributed by atoms with Gasteiger partial charge in [-0.25, -0.2) is 4.99 Å². The van der Waals surface area contributed by atoms with E-state index in [1.165, 1.54) is 0 Å². The van der Waals surface area contributed by atoms with Gasteiger partial charge in [0.2, 0.25) is 0 Å². The summed E-state index contributed by atoms with van der Waals surface area (Å²) in [5, 5.41) is 0. The lowest BCUT2D eigenvalue weighted by Gasteiger charge is -2.16. The lowest BCUT2D eigenvalue weighted by molar-refractivity contribution is 0.254. The highest BCUT2D eigenvalue weighted by Gasteiger charge is 2.32. The topological polar surface area (TPSA) is 21.6 Å². The zero-order chi connectivity index (χ0) is 8.70. The van der Waals surface area contributed by atoms with Crippen molar-refractivity contribution in [2.75, 3.05) is 6.61 Å². The van der Waals surface area contributed by atoms with E-state index in [-0.39, 0.29) is 11.0 Å². The van der Waals surface area contributed by atoms with Crippen LogP contribution in [0.1, 0.15) is 34.6 Å². The van der Waals surface area contributed by atoms with Gasteiger partial charge >= 0.3 is 0 Å². The molecule has 1 rings (SSSR count). The smallest absolute Gasteiger partial charge is 0.189 e. The quantitative estimate of drug-likeness (QED) is 0.525. The van der Waals surface area contributed by atoms with Crippen LogP contribution in [-0.4, -0.2) is 18.0 Å². The summed E-state index contributed by atoms with van der Waals surface area (Å²) in [6.07, 6.45) is 0. The summed E-state index contributed by atoms with van der Waals surface area (Å²) in [6.45, 7) is 11.3. The van der Waals surface area contributed by atoms with Crippen LogP contribution in [0.25, 0.3) is 0 Å². The van der Waals surface area contributed by atoms with Crippen LogP contribution < -0.4 is 0 Å². The average molecular weight is 155 g/mol. The molecule has 0 radical (unpaired) electrons. The summed E-state index contributed by atoms with van der Waals surface area (Å²) in [5.74, 6) is 0.891. The van der Waals surface area contributed by atoms with E-state index in [2.05, 4.69) is 39.6 Å². The summed E-state index contributed by atoms with van der Waals surface area (Å²) in [6, 6.07) is 0. The normalized spacial score (nSPS) is 22.8. The SMILES string of the molecule is CC1(C)COC(C(C)(C)C)=N1. The molecule has 0 N–H and O–H groups in total. The molecule has 0 spiro atoms. The van der Waals surface area contributed by atoms with Gasteiger partial charge in [0.05, 0.1) is 5.54 Å². The molecule has 2 nitrogen and oxygen atoms in total. The molecule has 0 fully saturated rings. The van der Waals surface area contributed by atoms with E-state index in [9.17, 15) is 0 Å². The van der Waals surface area contributed by atoms with Crippen LogP contribution in [0, 0.1) is 5.41 Å². The third kappa shape index (κ3) is 1.95. The number of hydrogen-bond acceptors (Lipinski definition) is 2. The van der Waals surface area contributed by atoms with Crippen LogP contribution in [0.5, 0.6) is 0 Å². The Morgan fingerprint density at radius 3 is 2.09 bits per heavy atom. The van der Waals surface area contributed by atoms with E-state index in [0.717, 1.165) is 12.5 Å². The van der Waals surface area contributed by atoms with Gasteiger partial charge in [-0.05, 0) is 13.8 Å². The predicted molar refractivity (Wildman–Crippen MR) is 46.9 cm³/mol. The Kier molecular flexibility index (Phi) is 1.73. The molecule has 64 valence electrons. The number of ether oxygens (including phenoxy) is 1. The Bertz CT molecular complexity index is 186. The number of rotatable bonds is 0. The van der Waals surface area contributed by atoms with E-state index >= 15 is 0 Å². The maximum Gasteiger partial charge on any atom is 0.189 e. The first kappa shape index (κ1) is 8.57. The molecule has 2 heteroatoms. The first-order valence-corrected chi connectivity index (χ1v) is 4.04. The van der Waals surface area contributed by atoms with Gasteiger partial charge in [-0.3, -0.25) is 0 Å². The van der Waals surface area contributed by atoms with Gasteiger partial charge in [0, 0.05) is 5.41 Å². The fourth-order valence-corrected chi connectivity index (χ4v) is 0.969. The van der Waals surface area contributed by atoms with E-state index in [4.69, 9.17) is 4.74 Å². The molecule has 0 aliphatic carbocycles. The molecular formula is C9H17NO. The molecule has 0 atom stereocenters. The molecule has 0 bridgehead atoms. The molecule has 0 aromatic heterocycles. The molecule has 0 saturated heterocycles. The lowest BCUT2D eigenvalue weighted by atomic mass is 9.96. The van der Waals surface area contributed by atoms with Gasteiger partial charge in [0.25, 0.3) is 0 Å². The highest BCUT2D eigenvalue weighted by molar-refractivity contribution is 5.83. The summed E-state index contributed by atoms with van der Waals surface area (Å²) in [4.78, 5) is 4.49. The zero-order valence-corrected chi connectivity index (χ0v) is 8.06. The minimum absolute atomic E-state index is 0.0113. The summed E-state index contributed by atoms with van der Waals surface area (Å²) in [5.41, 5.74) is 0.0520. The molecule has 0 saturated carbocycles. The third-order valence-electron chi connectivity index (χ3n) is 1.61. The first-order chi connectivity index (χ1) is 4.81. The number of aliphatic imine (C=N–C) groups is 1. The van der Waals surface area contributed by atoms with Gasteiger partial charge in [-0.15, -0.1) is 0 Å². The molecular weight excluding hydrogens is 138 g/mol. The highest BCUT2D eigenvalue weighted by atomic mass is 16.5. The second kappa shape index (κ2) is 2.23. The van der Waals surface area contributed by atoms with E-state index in [1.807, 2.05) is 0 Å². The van der Waals surface area contributed by atoms with Crippen molar-refractivity contribution in [3.63, 3.8) is 0 Å². The lowest BCUT2D eigenvalue weighted by Crippen LogP contribution is -2.20. The molecule has 1 heterocycles. The second-order valence-corrected chi connectivity index (χ2v) is 4.77. The zero-order valence-electron chi connectivity index (χ0n) is 8.06. The minimum atomic E-state index is -0.0113. The van der Waals surface area contributed by atoms with Crippen molar-refractivity contribution in [3.8, 4) is 0 Å². The van der Waals surface area contributed by atoms with E-state index < -0.39 is 0 Å². The van der Waals surface area contributed by atoms with Crippen LogP contribution in [-0.2, 0) is 4.74 Å². The molecule has 0 amide bonds. The van der Waals surface area contributed by atoms with Crippen molar-refractivity contribution < 1.29 is 4.74 Å². The molecule has 11 heavy (non-hydrogen) atoms. The Morgan fingerprint density at radius 2 is 1.91 bits per heavy atom. The van der Waals surface area contributed by atoms with Crippen LogP contribution in [0.3, 0.4) is 0 Å². The van der Waals surface area contributed by atoms with Gasteiger partial charge < -0.3 is 4.74 Å². The fourth-order valence-electron chi connectivity index (χ4n) is 0.969. The van der Waals surface area contributed by atoms with E-state index in [1.54, 1.807) is 0 Å². The van der Waals surface area contributed by atoms with Crippen LogP contribution in [0.4, 0.5) is 0 Å². The van der Waals surface area contributed by atoms with Crippen LogP contribution in [0.15, 0.2) is 4.99 Å². The minimum Gasteiger partial charge on any atom is -0.478 e. The number of hydrogen-bond donors (Lipinski definition) is 0. The first-order valence-electron chi connectivity index (χ1n) is 4.04. The fraction of sp³-hybridized carbons (Fsp3) is 0.889. The van der Waals surface area contributed by atoms with Crippen LogP contribution in [0.2, 0.25) is 0 Å². The van der Waals surface area contributed by atoms with Gasteiger partial charge in [-0.2, -0.15) is 0 Å². The van der Waals surface area contributed by atoms with Crippen molar-refractivity contribution in [3.05, 3.63) is 0 Å². The van der Waals surface area contributed by atoms with Crippen molar-refractivity contribution >= 4 is 5.90 Å². The number of nitrogens with zero attached hydrogens (tertiary/aromatic N) is 1. The maximum absolute atomic E-state index is 5.48. The monoisotopic (exact) mass is 155 g/mol.